The SMILES string of the molecule is CO[Si](Cc1cccc2cc3ccccc3cc12)OC. The summed E-state index contributed by atoms with van der Waals surface area (Å²) in [5.41, 5.74) is 1.30. The molecule has 0 amide bonds. The molecule has 0 aliphatic heterocycles. The highest BCUT2D eigenvalue weighted by atomic mass is 28.3. The molecule has 0 aromatic heterocycles. The van der Waals surface area contributed by atoms with Gasteiger partial charge in [0.15, 0.2) is 0 Å². The van der Waals surface area contributed by atoms with Crippen molar-refractivity contribution in [3.05, 3.63) is 60.2 Å². The summed E-state index contributed by atoms with van der Waals surface area (Å²) < 4.78 is 10.8. The Morgan fingerprint density at radius 3 is 2.15 bits per heavy atom. The van der Waals surface area contributed by atoms with Gasteiger partial charge in [0.05, 0.1) is 0 Å². The van der Waals surface area contributed by atoms with E-state index in [-0.39, 0.29) is 0 Å². The highest BCUT2D eigenvalue weighted by molar-refractivity contribution is 6.44. The molecule has 0 aliphatic carbocycles. The molecule has 3 aromatic carbocycles. The van der Waals surface area contributed by atoms with Gasteiger partial charge in [-0.25, -0.2) is 0 Å². The monoisotopic (exact) mass is 281 g/mol. The maximum absolute atomic E-state index is 5.42. The lowest BCUT2D eigenvalue weighted by molar-refractivity contribution is 0.277. The van der Waals surface area contributed by atoms with E-state index in [9.17, 15) is 0 Å². The lowest BCUT2D eigenvalue weighted by Crippen LogP contribution is -2.22. The minimum Gasteiger partial charge on any atom is -0.397 e. The van der Waals surface area contributed by atoms with Gasteiger partial charge < -0.3 is 8.85 Å². The third-order valence-electron chi connectivity index (χ3n) is 3.63. The fraction of sp³-hybridized carbons (Fsp3) is 0.176. The second-order valence-electron chi connectivity index (χ2n) is 4.79. The Labute approximate surface area is 120 Å². The number of rotatable bonds is 4. The summed E-state index contributed by atoms with van der Waals surface area (Å²) in [5, 5.41) is 5.12. The molecule has 0 bridgehead atoms. The first-order chi connectivity index (χ1) is 9.81. The average molecular weight is 281 g/mol. The van der Waals surface area contributed by atoms with Gasteiger partial charge >= 0.3 is 9.28 Å². The molecule has 101 valence electrons. The normalized spacial score (nSPS) is 11.6. The van der Waals surface area contributed by atoms with Crippen LogP contribution in [0.5, 0.6) is 0 Å². The Morgan fingerprint density at radius 2 is 1.45 bits per heavy atom. The van der Waals surface area contributed by atoms with Crippen molar-refractivity contribution in [2.24, 2.45) is 0 Å². The van der Waals surface area contributed by atoms with Crippen LogP contribution in [0.25, 0.3) is 21.5 Å². The summed E-state index contributed by atoms with van der Waals surface area (Å²) >= 11 is 0. The molecule has 1 radical (unpaired) electrons. The molecule has 0 aliphatic rings. The summed E-state index contributed by atoms with van der Waals surface area (Å²) in [6, 6.07) is 20.3. The molecule has 2 nitrogen and oxygen atoms in total. The van der Waals surface area contributed by atoms with Crippen molar-refractivity contribution in [3.63, 3.8) is 0 Å². The van der Waals surface area contributed by atoms with Gasteiger partial charge in [0.25, 0.3) is 0 Å². The van der Waals surface area contributed by atoms with Gasteiger partial charge in [-0.2, -0.15) is 0 Å². The van der Waals surface area contributed by atoms with E-state index in [1.165, 1.54) is 27.1 Å². The lowest BCUT2D eigenvalue weighted by atomic mass is 10.0. The van der Waals surface area contributed by atoms with Crippen LogP contribution in [-0.2, 0) is 14.9 Å². The molecule has 0 spiro atoms. The predicted molar refractivity (Wildman–Crippen MR) is 84.9 cm³/mol. The minimum absolute atomic E-state index is 0.855. The third kappa shape index (κ3) is 2.48. The van der Waals surface area contributed by atoms with Gasteiger partial charge in [0.1, 0.15) is 0 Å². The molecule has 0 saturated carbocycles. The molecule has 0 unspecified atom stereocenters. The predicted octanol–water partition coefficient (Wildman–Crippen LogP) is 3.86. The van der Waals surface area contributed by atoms with Crippen molar-refractivity contribution in [3.8, 4) is 0 Å². The fourth-order valence-electron chi connectivity index (χ4n) is 2.57. The van der Waals surface area contributed by atoms with Crippen molar-refractivity contribution in [1.29, 1.82) is 0 Å². The second-order valence-corrected chi connectivity index (χ2v) is 6.71. The quantitative estimate of drug-likeness (QED) is 0.534. The Balaban J connectivity index is 2.15. The Kier molecular flexibility index (Phi) is 3.83. The molecule has 3 aromatic rings. The van der Waals surface area contributed by atoms with Crippen LogP contribution in [0.1, 0.15) is 5.56 Å². The van der Waals surface area contributed by atoms with Crippen LogP contribution in [0.3, 0.4) is 0 Å². The van der Waals surface area contributed by atoms with Gasteiger partial charge in [-0.1, -0.05) is 42.5 Å². The summed E-state index contributed by atoms with van der Waals surface area (Å²) in [6.45, 7) is 0. The van der Waals surface area contributed by atoms with E-state index in [1.807, 2.05) is 0 Å². The summed E-state index contributed by atoms with van der Waals surface area (Å²) in [6.07, 6.45) is 0. The maximum Gasteiger partial charge on any atom is 0.388 e. The first-order valence-electron chi connectivity index (χ1n) is 6.66. The number of hydrogen-bond donors (Lipinski definition) is 0. The Morgan fingerprint density at radius 1 is 0.800 bits per heavy atom. The summed E-state index contributed by atoms with van der Waals surface area (Å²) in [5.74, 6) is 0. The molecular weight excluding hydrogens is 264 g/mol. The molecular formula is C17H17O2Si. The molecule has 3 rings (SSSR count). The number of hydrogen-bond acceptors (Lipinski definition) is 2. The van der Waals surface area contributed by atoms with E-state index >= 15 is 0 Å². The van der Waals surface area contributed by atoms with E-state index in [1.54, 1.807) is 14.2 Å². The second kappa shape index (κ2) is 5.75. The number of benzene rings is 3. The van der Waals surface area contributed by atoms with Crippen molar-refractivity contribution in [1.82, 2.24) is 0 Å². The zero-order chi connectivity index (χ0) is 13.9. The first kappa shape index (κ1) is 13.3. The molecule has 20 heavy (non-hydrogen) atoms. The van der Waals surface area contributed by atoms with Gasteiger partial charge in [-0.3, -0.25) is 0 Å². The lowest BCUT2D eigenvalue weighted by Gasteiger charge is -2.12. The van der Waals surface area contributed by atoms with Crippen LogP contribution in [0.15, 0.2) is 54.6 Å². The number of fused-ring (bicyclic) bond motifs is 2. The van der Waals surface area contributed by atoms with Crippen LogP contribution >= 0.6 is 0 Å². The van der Waals surface area contributed by atoms with Crippen molar-refractivity contribution >= 4 is 30.8 Å². The fourth-order valence-corrected chi connectivity index (χ4v) is 3.64. The summed E-state index contributed by atoms with van der Waals surface area (Å²) in [7, 11) is 2.22. The smallest absolute Gasteiger partial charge is 0.388 e. The van der Waals surface area contributed by atoms with Crippen LogP contribution < -0.4 is 0 Å². The van der Waals surface area contributed by atoms with Gasteiger partial charge in [-0.05, 0) is 39.2 Å². The standard InChI is InChI=1S/C17H17O2Si/c1-18-20(19-2)12-16-9-5-8-15-10-13-6-3-4-7-14(13)11-17(15)16/h3-11H,12H2,1-2H3. The van der Waals surface area contributed by atoms with Gasteiger partial charge in [0.2, 0.25) is 0 Å². The van der Waals surface area contributed by atoms with E-state index in [0.717, 1.165) is 6.04 Å². The van der Waals surface area contributed by atoms with Crippen molar-refractivity contribution in [2.75, 3.05) is 14.2 Å². The zero-order valence-electron chi connectivity index (χ0n) is 11.7. The Hall–Kier alpha value is -1.68. The van der Waals surface area contributed by atoms with Crippen molar-refractivity contribution in [2.45, 2.75) is 6.04 Å². The van der Waals surface area contributed by atoms with Gasteiger partial charge in [-0.15, -0.1) is 0 Å². The van der Waals surface area contributed by atoms with Crippen LogP contribution in [-0.4, -0.2) is 23.5 Å². The molecule has 3 heteroatoms. The zero-order valence-corrected chi connectivity index (χ0v) is 12.7. The molecule has 0 atom stereocenters. The highest BCUT2D eigenvalue weighted by Crippen LogP contribution is 2.26. The van der Waals surface area contributed by atoms with Crippen LogP contribution in [0, 0.1) is 0 Å². The van der Waals surface area contributed by atoms with E-state index < -0.39 is 9.28 Å². The van der Waals surface area contributed by atoms with Gasteiger partial charge in [0, 0.05) is 20.3 Å². The van der Waals surface area contributed by atoms with E-state index in [4.69, 9.17) is 8.85 Å². The van der Waals surface area contributed by atoms with Crippen molar-refractivity contribution < 1.29 is 8.85 Å². The summed E-state index contributed by atoms with van der Waals surface area (Å²) in [4.78, 5) is 0. The average Bonchev–Trinajstić information content (AvgIpc) is 2.50. The van der Waals surface area contributed by atoms with E-state index in [2.05, 4.69) is 54.6 Å². The minimum atomic E-state index is -1.22. The van der Waals surface area contributed by atoms with E-state index in [0.29, 0.717) is 0 Å². The maximum atomic E-state index is 5.42. The molecule has 0 saturated heterocycles. The first-order valence-corrected chi connectivity index (χ1v) is 8.18. The Bertz CT molecular complexity index is 735. The largest absolute Gasteiger partial charge is 0.397 e. The van der Waals surface area contributed by atoms with Crippen LogP contribution in [0.4, 0.5) is 0 Å². The van der Waals surface area contributed by atoms with Crippen LogP contribution in [0.2, 0.25) is 0 Å². The molecule has 0 fully saturated rings. The third-order valence-corrected chi connectivity index (χ3v) is 5.21. The highest BCUT2D eigenvalue weighted by Gasteiger charge is 2.15. The molecule has 0 N–H and O–H groups in total. The topological polar surface area (TPSA) is 18.5 Å². The molecule has 0 heterocycles.